The first-order valence-corrected chi connectivity index (χ1v) is 9.77. The van der Waals surface area contributed by atoms with Crippen LogP contribution in [0.25, 0.3) is 0 Å². The molecule has 1 atom stereocenters. The van der Waals surface area contributed by atoms with Gasteiger partial charge >= 0.3 is 5.97 Å². The van der Waals surface area contributed by atoms with Crippen LogP contribution in [0.3, 0.4) is 0 Å². The first kappa shape index (κ1) is 19.5. The van der Waals surface area contributed by atoms with E-state index in [2.05, 4.69) is 15.4 Å². The molecular weight excluding hydrogens is 360 g/mol. The second-order valence-electron chi connectivity index (χ2n) is 5.59. The van der Waals surface area contributed by atoms with Crippen LogP contribution in [0.5, 0.6) is 0 Å². The molecule has 0 saturated carbocycles. The number of hydrogen-bond acceptors (Lipinski definition) is 7. The third-order valence-electron chi connectivity index (χ3n) is 3.22. The third kappa shape index (κ3) is 5.57. The molecule has 2 aromatic rings. The number of amides is 1. The van der Waals surface area contributed by atoms with Crippen LogP contribution in [0.15, 0.2) is 22.0 Å². The van der Waals surface area contributed by atoms with Crippen LogP contribution in [0.4, 0.5) is 5.82 Å². The molecule has 9 heteroatoms. The van der Waals surface area contributed by atoms with E-state index in [0.29, 0.717) is 18.1 Å². The standard InChI is InChI=1S/C16H22N4O3S2/c1-5-23-14(21)8-12-9-24-16(18-12)25-11(4)15(22)19-13-6-7-17-20(13)10(2)3/h6-7,9-11H,5,8H2,1-4H3,(H,19,22)/t11-/m1/s1. The van der Waals surface area contributed by atoms with E-state index in [-0.39, 0.29) is 29.6 Å². The molecular formula is C16H22N4O3S2. The molecule has 25 heavy (non-hydrogen) atoms. The van der Waals surface area contributed by atoms with Gasteiger partial charge in [0.2, 0.25) is 5.91 Å². The molecule has 2 rings (SSSR count). The number of thioether (sulfide) groups is 1. The summed E-state index contributed by atoms with van der Waals surface area (Å²) in [5.74, 6) is 0.265. The fraction of sp³-hybridized carbons (Fsp3) is 0.500. The van der Waals surface area contributed by atoms with Crippen molar-refractivity contribution in [3.05, 3.63) is 23.3 Å². The number of ether oxygens (including phenoxy) is 1. The molecule has 7 nitrogen and oxygen atoms in total. The van der Waals surface area contributed by atoms with E-state index >= 15 is 0 Å². The maximum absolute atomic E-state index is 12.4. The van der Waals surface area contributed by atoms with Gasteiger partial charge < -0.3 is 10.1 Å². The number of aromatic nitrogens is 3. The minimum Gasteiger partial charge on any atom is -0.466 e. The number of carbonyl (C=O) groups is 2. The van der Waals surface area contributed by atoms with E-state index in [9.17, 15) is 9.59 Å². The van der Waals surface area contributed by atoms with E-state index in [1.807, 2.05) is 26.2 Å². The lowest BCUT2D eigenvalue weighted by Gasteiger charge is -2.14. The number of rotatable bonds is 8. The van der Waals surface area contributed by atoms with Crippen LogP contribution in [-0.4, -0.2) is 38.5 Å². The van der Waals surface area contributed by atoms with Crippen molar-refractivity contribution in [3.63, 3.8) is 0 Å². The van der Waals surface area contributed by atoms with Gasteiger partial charge in [0.1, 0.15) is 5.82 Å². The Morgan fingerprint density at radius 3 is 2.84 bits per heavy atom. The zero-order valence-electron chi connectivity index (χ0n) is 14.7. The Kier molecular flexibility index (Phi) is 7.01. The van der Waals surface area contributed by atoms with Crippen molar-refractivity contribution in [1.82, 2.24) is 14.8 Å². The Hall–Kier alpha value is -1.87. The van der Waals surface area contributed by atoms with Gasteiger partial charge in [0.15, 0.2) is 4.34 Å². The highest BCUT2D eigenvalue weighted by Gasteiger charge is 2.19. The number of thiazole rings is 1. The lowest BCUT2D eigenvalue weighted by atomic mass is 10.3. The van der Waals surface area contributed by atoms with Gasteiger partial charge in [-0.2, -0.15) is 5.10 Å². The summed E-state index contributed by atoms with van der Waals surface area (Å²) in [6.45, 7) is 7.95. The molecule has 0 bridgehead atoms. The fourth-order valence-electron chi connectivity index (χ4n) is 2.04. The largest absolute Gasteiger partial charge is 0.466 e. The normalized spacial score (nSPS) is 12.2. The lowest BCUT2D eigenvalue weighted by molar-refractivity contribution is -0.142. The summed E-state index contributed by atoms with van der Waals surface area (Å²) in [5.41, 5.74) is 0.663. The van der Waals surface area contributed by atoms with Crippen LogP contribution in [0.1, 0.15) is 39.4 Å². The van der Waals surface area contributed by atoms with Crippen LogP contribution >= 0.6 is 23.1 Å². The predicted octanol–water partition coefficient (Wildman–Crippen LogP) is 3.15. The van der Waals surface area contributed by atoms with Gasteiger partial charge in [-0.3, -0.25) is 9.59 Å². The molecule has 2 aromatic heterocycles. The van der Waals surface area contributed by atoms with Crippen molar-refractivity contribution in [2.45, 2.75) is 49.7 Å². The molecule has 2 heterocycles. The number of nitrogens with zero attached hydrogens (tertiary/aromatic N) is 3. The Bertz CT molecular complexity index is 727. The maximum Gasteiger partial charge on any atom is 0.311 e. The smallest absolute Gasteiger partial charge is 0.311 e. The van der Waals surface area contributed by atoms with Crippen molar-refractivity contribution >= 4 is 40.8 Å². The molecule has 1 N–H and O–H groups in total. The molecule has 136 valence electrons. The number of esters is 1. The molecule has 0 unspecified atom stereocenters. The highest BCUT2D eigenvalue weighted by Crippen LogP contribution is 2.28. The monoisotopic (exact) mass is 382 g/mol. The van der Waals surface area contributed by atoms with Gasteiger partial charge in [-0.05, 0) is 27.7 Å². The first-order chi connectivity index (χ1) is 11.9. The zero-order chi connectivity index (χ0) is 18.4. The molecule has 1 amide bonds. The number of carbonyl (C=O) groups excluding carboxylic acids is 2. The molecule has 0 saturated heterocycles. The Balaban J connectivity index is 1.92. The molecule has 0 aliphatic carbocycles. The molecule has 0 aliphatic rings. The van der Waals surface area contributed by atoms with E-state index in [1.54, 1.807) is 23.9 Å². The van der Waals surface area contributed by atoms with Gasteiger partial charge in [-0.15, -0.1) is 11.3 Å². The van der Waals surface area contributed by atoms with Crippen LogP contribution in [0, 0.1) is 0 Å². The second-order valence-corrected chi connectivity index (χ2v) is 8.04. The number of hydrogen-bond donors (Lipinski definition) is 1. The summed E-state index contributed by atoms with van der Waals surface area (Å²) in [5, 5.41) is 8.59. The Morgan fingerprint density at radius 2 is 2.16 bits per heavy atom. The first-order valence-electron chi connectivity index (χ1n) is 8.01. The van der Waals surface area contributed by atoms with Crippen molar-refractivity contribution < 1.29 is 14.3 Å². The average molecular weight is 383 g/mol. The number of anilines is 1. The predicted molar refractivity (Wildman–Crippen MR) is 99.0 cm³/mol. The SMILES string of the molecule is CCOC(=O)Cc1csc(S[C@H](C)C(=O)Nc2ccnn2C(C)C)n1. The summed E-state index contributed by atoms with van der Waals surface area (Å²) < 4.78 is 7.42. The van der Waals surface area contributed by atoms with Crippen molar-refractivity contribution in [3.8, 4) is 0 Å². The molecule has 0 radical (unpaired) electrons. The second kappa shape index (κ2) is 9.00. The van der Waals surface area contributed by atoms with Crippen LogP contribution in [0.2, 0.25) is 0 Å². The molecule has 0 aliphatic heterocycles. The van der Waals surface area contributed by atoms with Crippen molar-refractivity contribution in [1.29, 1.82) is 0 Å². The van der Waals surface area contributed by atoms with Crippen molar-refractivity contribution in [2.24, 2.45) is 0 Å². The quantitative estimate of drug-likeness (QED) is 0.557. The van der Waals surface area contributed by atoms with Gasteiger partial charge in [0.05, 0.1) is 30.2 Å². The fourth-order valence-corrected chi connectivity index (χ4v) is 4.02. The molecule has 0 fully saturated rings. The minimum absolute atomic E-state index is 0.116. The van der Waals surface area contributed by atoms with Crippen LogP contribution in [-0.2, 0) is 20.7 Å². The number of nitrogens with one attached hydrogen (secondary N) is 1. The minimum atomic E-state index is -0.322. The van der Waals surface area contributed by atoms with Gasteiger partial charge in [0.25, 0.3) is 0 Å². The summed E-state index contributed by atoms with van der Waals surface area (Å²) in [7, 11) is 0. The summed E-state index contributed by atoms with van der Waals surface area (Å²) >= 11 is 2.78. The average Bonchev–Trinajstić information content (AvgIpc) is 3.17. The van der Waals surface area contributed by atoms with Crippen LogP contribution < -0.4 is 5.32 Å². The molecule has 0 aromatic carbocycles. The maximum atomic E-state index is 12.4. The summed E-state index contributed by atoms with van der Waals surface area (Å²) in [4.78, 5) is 28.2. The summed E-state index contributed by atoms with van der Waals surface area (Å²) in [6, 6.07) is 1.94. The van der Waals surface area contributed by atoms with Crippen molar-refractivity contribution in [2.75, 3.05) is 11.9 Å². The van der Waals surface area contributed by atoms with Gasteiger partial charge in [0, 0.05) is 17.5 Å². The zero-order valence-corrected chi connectivity index (χ0v) is 16.3. The van der Waals surface area contributed by atoms with Gasteiger partial charge in [-0.1, -0.05) is 11.8 Å². The Labute approximate surface area is 155 Å². The highest BCUT2D eigenvalue weighted by atomic mass is 32.2. The summed E-state index contributed by atoms with van der Waals surface area (Å²) in [6.07, 6.45) is 1.81. The highest BCUT2D eigenvalue weighted by molar-refractivity contribution is 8.02. The van der Waals surface area contributed by atoms with E-state index in [4.69, 9.17) is 4.74 Å². The van der Waals surface area contributed by atoms with E-state index in [1.165, 1.54) is 23.1 Å². The lowest BCUT2D eigenvalue weighted by Crippen LogP contribution is -2.24. The topological polar surface area (TPSA) is 86.1 Å². The van der Waals surface area contributed by atoms with E-state index in [0.717, 1.165) is 4.34 Å². The van der Waals surface area contributed by atoms with E-state index < -0.39 is 0 Å². The third-order valence-corrected chi connectivity index (χ3v) is 5.34. The van der Waals surface area contributed by atoms with Gasteiger partial charge in [-0.25, -0.2) is 9.67 Å². The Morgan fingerprint density at radius 1 is 1.40 bits per heavy atom. The molecule has 0 spiro atoms.